The average molecular weight is 194 g/mol. The Hall–Kier alpha value is -0.630. The van der Waals surface area contributed by atoms with Gasteiger partial charge in [0.1, 0.15) is 5.78 Å². The Kier molecular flexibility index (Phi) is 2.73. The minimum atomic E-state index is 0.124. The third-order valence-electron chi connectivity index (χ3n) is 3.84. The number of allylic oxidation sites excluding steroid dienone is 2. The Balaban J connectivity index is 2.25. The van der Waals surface area contributed by atoms with Crippen LogP contribution in [0.25, 0.3) is 0 Å². The fraction of sp³-hybridized carbons (Fsp3) is 0.750. The molecule has 0 spiro atoms. The highest BCUT2D eigenvalue weighted by Crippen LogP contribution is 2.43. The fourth-order valence-corrected chi connectivity index (χ4v) is 3.04. The predicted octanol–water partition coefficient (Wildman–Crippen LogP) is 1.93. The summed E-state index contributed by atoms with van der Waals surface area (Å²) in [6, 6.07) is 0. The highest BCUT2D eigenvalue weighted by molar-refractivity contribution is 5.83. The van der Waals surface area contributed by atoms with Gasteiger partial charge in [0.15, 0.2) is 0 Å². The molecule has 0 heterocycles. The quantitative estimate of drug-likeness (QED) is 0.648. The van der Waals surface area contributed by atoms with E-state index in [9.17, 15) is 9.90 Å². The molecule has 0 aliphatic heterocycles. The lowest BCUT2D eigenvalue weighted by atomic mass is 9.83. The van der Waals surface area contributed by atoms with E-state index in [0.29, 0.717) is 18.1 Å². The molecule has 0 amide bonds. The Morgan fingerprint density at radius 2 is 2.29 bits per heavy atom. The molecule has 3 unspecified atom stereocenters. The van der Waals surface area contributed by atoms with Gasteiger partial charge in [-0.3, -0.25) is 4.79 Å². The van der Waals surface area contributed by atoms with E-state index in [1.54, 1.807) is 0 Å². The second-order valence-corrected chi connectivity index (χ2v) is 4.61. The normalized spacial score (nSPS) is 37.7. The third kappa shape index (κ3) is 1.52. The van der Waals surface area contributed by atoms with Gasteiger partial charge >= 0.3 is 0 Å². The smallest absolute Gasteiger partial charge is 0.137 e. The van der Waals surface area contributed by atoms with Gasteiger partial charge in [-0.1, -0.05) is 11.6 Å². The predicted molar refractivity (Wildman–Crippen MR) is 54.8 cm³/mol. The lowest BCUT2D eigenvalue weighted by Gasteiger charge is -2.21. The molecule has 2 rings (SSSR count). The Morgan fingerprint density at radius 3 is 3.00 bits per heavy atom. The van der Waals surface area contributed by atoms with Gasteiger partial charge in [0.05, 0.1) is 0 Å². The maximum atomic E-state index is 11.9. The van der Waals surface area contributed by atoms with Crippen LogP contribution < -0.4 is 0 Å². The van der Waals surface area contributed by atoms with Crippen molar-refractivity contribution in [2.75, 3.05) is 6.61 Å². The van der Waals surface area contributed by atoms with Crippen LogP contribution in [0.4, 0.5) is 0 Å². The van der Waals surface area contributed by atoms with Crippen LogP contribution in [0.1, 0.15) is 32.6 Å². The SMILES string of the molecule is CC1=CCCC(=O)C2C(CO)CCC12. The topological polar surface area (TPSA) is 37.3 Å². The summed E-state index contributed by atoms with van der Waals surface area (Å²) < 4.78 is 0. The summed E-state index contributed by atoms with van der Waals surface area (Å²) >= 11 is 0. The molecular formula is C12H18O2. The number of rotatable bonds is 1. The minimum Gasteiger partial charge on any atom is -0.396 e. The molecule has 1 N–H and O–H groups in total. The second-order valence-electron chi connectivity index (χ2n) is 4.61. The molecule has 0 aromatic carbocycles. The van der Waals surface area contributed by atoms with Crippen molar-refractivity contribution in [3.05, 3.63) is 11.6 Å². The number of hydrogen-bond donors (Lipinski definition) is 1. The third-order valence-corrected chi connectivity index (χ3v) is 3.84. The van der Waals surface area contributed by atoms with E-state index < -0.39 is 0 Å². The van der Waals surface area contributed by atoms with Crippen molar-refractivity contribution in [1.82, 2.24) is 0 Å². The summed E-state index contributed by atoms with van der Waals surface area (Å²) in [5, 5.41) is 9.23. The molecule has 0 aromatic rings. The lowest BCUT2D eigenvalue weighted by molar-refractivity contribution is -0.125. The molecule has 0 saturated heterocycles. The van der Waals surface area contributed by atoms with E-state index in [-0.39, 0.29) is 18.4 Å². The van der Waals surface area contributed by atoms with E-state index in [4.69, 9.17) is 0 Å². The van der Waals surface area contributed by atoms with Crippen molar-refractivity contribution in [1.29, 1.82) is 0 Å². The van der Waals surface area contributed by atoms with Crippen LogP contribution in [0.15, 0.2) is 11.6 Å². The van der Waals surface area contributed by atoms with Crippen molar-refractivity contribution in [3.63, 3.8) is 0 Å². The molecule has 0 bridgehead atoms. The molecule has 0 aromatic heterocycles. The molecule has 14 heavy (non-hydrogen) atoms. The van der Waals surface area contributed by atoms with Gasteiger partial charge < -0.3 is 5.11 Å². The Bertz CT molecular complexity index is 267. The zero-order valence-corrected chi connectivity index (χ0v) is 8.70. The van der Waals surface area contributed by atoms with Crippen molar-refractivity contribution in [3.8, 4) is 0 Å². The van der Waals surface area contributed by atoms with Gasteiger partial charge in [0, 0.05) is 18.9 Å². The van der Waals surface area contributed by atoms with Crippen LogP contribution in [0.5, 0.6) is 0 Å². The van der Waals surface area contributed by atoms with Gasteiger partial charge in [-0.25, -0.2) is 0 Å². The van der Waals surface area contributed by atoms with Gasteiger partial charge in [-0.15, -0.1) is 0 Å². The monoisotopic (exact) mass is 194 g/mol. The molecule has 1 saturated carbocycles. The van der Waals surface area contributed by atoms with Crippen LogP contribution in [0.2, 0.25) is 0 Å². The first-order valence-corrected chi connectivity index (χ1v) is 5.54. The Morgan fingerprint density at radius 1 is 1.50 bits per heavy atom. The summed E-state index contributed by atoms with van der Waals surface area (Å²) in [7, 11) is 0. The maximum absolute atomic E-state index is 11.9. The number of Topliss-reactive ketones (excluding diaryl/α,β-unsaturated/α-hetero) is 1. The largest absolute Gasteiger partial charge is 0.396 e. The average Bonchev–Trinajstić information content (AvgIpc) is 2.55. The van der Waals surface area contributed by atoms with Gasteiger partial charge in [0.25, 0.3) is 0 Å². The number of carbonyl (C=O) groups is 1. The summed E-state index contributed by atoms with van der Waals surface area (Å²) in [6.07, 6.45) is 5.89. The molecule has 2 nitrogen and oxygen atoms in total. The standard InChI is InChI=1S/C12H18O2/c1-8-3-2-4-11(14)12-9(7-13)5-6-10(8)12/h3,9-10,12-13H,2,4-7H2,1H3. The number of ketones is 1. The van der Waals surface area contributed by atoms with Gasteiger partial charge in [-0.2, -0.15) is 0 Å². The number of fused-ring (bicyclic) bond motifs is 1. The molecular weight excluding hydrogens is 176 g/mol. The van der Waals surface area contributed by atoms with Crippen LogP contribution >= 0.6 is 0 Å². The summed E-state index contributed by atoms with van der Waals surface area (Å²) in [4.78, 5) is 11.9. The Labute approximate surface area is 85.0 Å². The molecule has 1 fully saturated rings. The van der Waals surface area contributed by atoms with Crippen LogP contribution in [0, 0.1) is 17.8 Å². The van der Waals surface area contributed by atoms with E-state index in [1.807, 2.05) is 0 Å². The molecule has 2 aliphatic carbocycles. The van der Waals surface area contributed by atoms with Crippen molar-refractivity contribution in [2.45, 2.75) is 32.6 Å². The van der Waals surface area contributed by atoms with E-state index in [0.717, 1.165) is 19.3 Å². The van der Waals surface area contributed by atoms with Crippen LogP contribution in [0.3, 0.4) is 0 Å². The summed E-state index contributed by atoms with van der Waals surface area (Å²) in [5.74, 6) is 1.16. The van der Waals surface area contributed by atoms with Gasteiger partial charge in [-0.05, 0) is 38.0 Å². The minimum absolute atomic E-state index is 0.124. The number of aliphatic hydroxyl groups excluding tert-OH is 1. The second kappa shape index (κ2) is 3.85. The summed E-state index contributed by atoms with van der Waals surface area (Å²) in [5.41, 5.74) is 1.37. The number of aliphatic hydroxyl groups is 1. The van der Waals surface area contributed by atoms with Crippen molar-refractivity contribution >= 4 is 5.78 Å². The highest BCUT2D eigenvalue weighted by atomic mass is 16.3. The van der Waals surface area contributed by atoms with E-state index in [2.05, 4.69) is 13.0 Å². The maximum Gasteiger partial charge on any atom is 0.137 e. The molecule has 2 aliphatic rings. The van der Waals surface area contributed by atoms with Crippen molar-refractivity contribution in [2.24, 2.45) is 17.8 Å². The number of hydrogen-bond acceptors (Lipinski definition) is 2. The van der Waals surface area contributed by atoms with Crippen LogP contribution in [-0.4, -0.2) is 17.5 Å². The number of carbonyl (C=O) groups excluding carboxylic acids is 1. The zero-order valence-electron chi connectivity index (χ0n) is 8.70. The molecule has 2 heteroatoms. The zero-order chi connectivity index (χ0) is 10.1. The first-order valence-electron chi connectivity index (χ1n) is 5.54. The van der Waals surface area contributed by atoms with E-state index >= 15 is 0 Å². The van der Waals surface area contributed by atoms with Crippen molar-refractivity contribution < 1.29 is 9.90 Å². The van der Waals surface area contributed by atoms with Gasteiger partial charge in [0.2, 0.25) is 0 Å². The highest BCUT2D eigenvalue weighted by Gasteiger charge is 2.41. The molecule has 78 valence electrons. The lowest BCUT2D eigenvalue weighted by Crippen LogP contribution is -2.26. The first kappa shape index (κ1) is 9.91. The first-order chi connectivity index (χ1) is 6.74. The fourth-order valence-electron chi connectivity index (χ4n) is 3.04. The van der Waals surface area contributed by atoms with Crippen LogP contribution in [-0.2, 0) is 4.79 Å². The molecule has 3 atom stereocenters. The summed E-state index contributed by atoms with van der Waals surface area (Å²) in [6.45, 7) is 2.32. The van der Waals surface area contributed by atoms with E-state index in [1.165, 1.54) is 5.57 Å². The molecule has 0 radical (unpaired) electrons.